The van der Waals surface area contributed by atoms with Crippen molar-refractivity contribution in [2.24, 2.45) is 0 Å². The number of benzene rings is 1. The highest BCUT2D eigenvalue weighted by Crippen LogP contribution is 2.03. The van der Waals surface area contributed by atoms with Gasteiger partial charge in [-0.2, -0.15) is 0 Å². The summed E-state index contributed by atoms with van der Waals surface area (Å²) in [5.74, 6) is -0.115. The van der Waals surface area contributed by atoms with Crippen LogP contribution in [0.15, 0.2) is 24.3 Å². The van der Waals surface area contributed by atoms with Crippen molar-refractivity contribution in [3.63, 3.8) is 0 Å². The van der Waals surface area contributed by atoms with Gasteiger partial charge >= 0.3 is 0 Å². The zero-order valence-electron chi connectivity index (χ0n) is 8.54. The van der Waals surface area contributed by atoms with Gasteiger partial charge in [-0.3, -0.25) is 9.63 Å². The standard InChI is InChI=1S/C11H15NO2/c1-3-14-12-11(13)8-10-6-4-9(2)5-7-10/h4-7H,3,8H2,1-2H3,(H,12,13). The van der Waals surface area contributed by atoms with Crippen LogP contribution in [0, 0.1) is 6.92 Å². The third-order valence-corrected chi connectivity index (χ3v) is 1.82. The maximum absolute atomic E-state index is 11.2. The van der Waals surface area contributed by atoms with E-state index in [2.05, 4.69) is 5.48 Å². The van der Waals surface area contributed by atoms with Crippen LogP contribution in [0.2, 0.25) is 0 Å². The van der Waals surface area contributed by atoms with E-state index in [9.17, 15) is 4.79 Å². The SMILES string of the molecule is CCONC(=O)Cc1ccc(C)cc1. The molecule has 3 heteroatoms. The maximum atomic E-state index is 11.2. The van der Waals surface area contributed by atoms with Crippen LogP contribution in [0.3, 0.4) is 0 Å². The molecule has 1 N–H and O–H groups in total. The summed E-state index contributed by atoms with van der Waals surface area (Å²) < 4.78 is 0. The van der Waals surface area contributed by atoms with E-state index in [1.54, 1.807) is 0 Å². The fraction of sp³-hybridized carbons (Fsp3) is 0.364. The third-order valence-electron chi connectivity index (χ3n) is 1.82. The van der Waals surface area contributed by atoms with Crippen LogP contribution in [0.25, 0.3) is 0 Å². The normalized spacial score (nSPS) is 9.86. The summed E-state index contributed by atoms with van der Waals surface area (Å²) in [6.45, 7) is 4.33. The predicted molar refractivity (Wildman–Crippen MR) is 54.7 cm³/mol. The van der Waals surface area contributed by atoms with E-state index >= 15 is 0 Å². The zero-order chi connectivity index (χ0) is 10.4. The maximum Gasteiger partial charge on any atom is 0.247 e. The molecule has 1 aromatic rings. The molecular weight excluding hydrogens is 178 g/mol. The Morgan fingerprint density at radius 1 is 1.36 bits per heavy atom. The van der Waals surface area contributed by atoms with Crippen molar-refractivity contribution in [1.82, 2.24) is 5.48 Å². The molecule has 0 heterocycles. The number of aryl methyl sites for hydroxylation is 1. The van der Waals surface area contributed by atoms with Crippen LogP contribution < -0.4 is 5.48 Å². The summed E-state index contributed by atoms with van der Waals surface area (Å²) in [7, 11) is 0. The zero-order valence-corrected chi connectivity index (χ0v) is 8.54. The molecule has 0 atom stereocenters. The van der Waals surface area contributed by atoms with E-state index in [4.69, 9.17) is 4.84 Å². The number of carbonyl (C=O) groups excluding carboxylic acids is 1. The minimum absolute atomic E-state index is 0.115. The van der Waals surface area contributed by atoms with Crippen LogP contribution >= 0.6 is 0 Å². The van der Waals surface area contributed by atoms with Crippen LogP contribution in [-0.2, 0) is 16.1 Å². The van der Waals surface area contributed by atoms with Gasteiger partial charge in [-0.15, -0.1) is 0 Å². The molecule has 3 nitrogen and oxygen atoms in total. The van der Waals surface area contributed by atoms with Crippen molar-refractivity contribution < 1.29 is 9.63 Å². The lowest BCUT2D eigenvalue weighted by Crippen LogP contribution is -2.25. The number of nitrogens with one attached hydrogen (secondary N) is 1. The molecule has 1 amide bonds. The molecule has 14 heavy (non-hydrogen) atoms. The minimum Gasteiger partial charge on any atom is -0.274 e. The quantitative estimate of drug-likeness (QED) is 0.738. The van der Waals surface area contributed by atoms with Gasteiger partial charge in [0.15, 0.2) is 0 Å². The second-order valence-electron chi connectivity index (χ2n) is 3.12. The van der Waals surface area contributed by atoms with Crippen LogP contribution in [0.1, 0.15) is 18.1 Å². The minimum atomic E-state index is -0.115. The second-order valence-corrected chi connectivity index (χ2v) is 3.12. The summed E-state index contributed by atoms with van der Waals surface area (Å²) in [6, 6.07) is 7.87. The Kier molecular flexibility index (Phi) is 4.13. The first kappa shape index (κ1) is 10.7. The third kappa shape index (κ3) is 3.58. The summed E-state index contributed by atoms with van der Waals surface area (Å²) >= 11 is 0. The van der Waals surface area contributed by atoms with Gasteiger partial charge in [-0.05, 0) is 19.4 Å². The van der Waals surface area contributed by atoms with Gasteiger partial charge in [0.05, 0.1) is 13.0 Å². The molecular formula is C11H15NO2. The van der Waals surface area contributed by atoms with Crippen LogP contribution in [-0.4, -0.2) is 12.5 Å². The Bertz CT molecular complexity index is 293. The van der Waals surface area contributed by atoms with Gasteiger partial charge in [0, 0.05) is 0 Å². The molecule has 0 radical (unpaired) electrons. The average Bonchev–Trinajstić information content (AvgIpc) is 2.18. The number of hydrogen-bond acceptors (Lipinski definition) is 2. The first-order valence-electron chi connectivity index (χ1n) is 4.68. The first-order chi connectivity index (χ1) is 6.72. The van der Waals surface area contributed by atoms with Gasteiger partial charge in [0.2, 0.25) is 5.91 Å². The molecule has 0 saturated heterocycles. The van der Waals surface area contributed by atoms with Crippen molar-refractivity contribution in [3.8, 4) is 0 Å². The smallest absolute Gasteiger partial charge is 0.247 e. The van der Waals surface area contributed by atoms with Crippen LogP contribution in [0.5, 0.6) is 0 Å². The Morgan fingerprint density at radius 2 is 2.00 bits per heavy atom. The Morgan fingerprint density at radius 3 is 2.57 bits per heavy atom. The fourth-order valence-electron chi connectivity index (χ4n) is 1.08. The molecule has 0 bridgehead atoms. The van der Waals surface area contributed by atoms with E-state index < -0.39 is 0 Å². The number of carbonyl (C=O) groups is 1. The molecule has 1 aromatic carbocycles. The van der Waals surface area contributed by atoms with Crippen LogP contribution in [0.4, 0.5) is 0 Å². The van der Waals surface area contributed by atoms with Crippen molar-refractivity contribution in [1.29, 1.82) is 0 Å². The van der Waals surface area contributed by atoms with Crippen molar-refractivity contribution >= 4 is 5.91 Å². The van der Waals surface area contributed by atoms with Gasteiger partial charge in [0.1, 0.15) is 0 Å². The van der Waals surface area contributed by atoms with Crippen molar-refractivity contribution in [3.05, 3.63) is 35.4 Å². The van der Waals surface area contributed by atoms with E-state index in [-0.39, 0.29) is 5.91 Å². The molecule has 0 fully saturated rings. The summed E-state index contributed by atoms with van der Waals surface area (Å²) in [6.07, 6.45) is 0.361. The molecule has 0 aliphatic rings. The van der Waals surface area contributed by atoms with E-state index in [0.717, 1.165) is 5.56 Å². The van der Waals surface area contributed by atoms with E-state index in [1.165, 1.54) is 5.56 Å². The van der Waals surface area contributed by atoms with E-state index in [0.29, 0.717) is 13.0 Å². The Labute approximate surface area is 84.0 Å². The highest BCUT2D eigenvalue weighted by Gasteiger charge is 2.01. The van der Waals surface area contributed by atoms with Gasteiger partial charge in [-0.25, -0.2) is 5.48 Å². The molecule has 0 aliphatic carbocycles. The molecule has 0 aliphatic heterocycles. The van der Waals surface area contributed by atoms with Crippen molar-refractivity contribution in [2.45, 2.75) is 20.3 Å². The average molecular weight is 193 g/mol. The number of hydroxylamine groups is 1. The topological polar surface area (TPSA) is 38.3 Å². The number of hydrogen-bond donors (Lipinski definition) is 1. The monoisotopic (exact) mass is 193 g/mol. The second kappa shape index (κ2) is 5.40. The molecule has 0 aromatic heterocycles. The Balaban J connectivity index is 2.44. The first-order valence-corrected chi connectivity index (χ1v) is 4.68. The summed E-state index contributed by atoms with van der Waals surface area (Å²) in [5, 5.41) is 0. The van der Waals surface area contributed by atoms with Crippen molar-refractivity contribution in [2.75, 3.05) is 6.61 Å². The largest absolute Gasteiger partial charge is 0.274 e. The summed E-state index contributed by atoms with van der Waals surface area (Å²) in [5.41, 5.74) is 4.54. The number of rotatable bonds is 4. The number of amides is 1. The molecule has 76 valence electrons. The highest BCUT2D eigenvalue weighted by atomic mass is 16.6. The fourth-order valence-corrected chi connectivity index (χ4v) is 1.08. The lowest BCUT2D eigenvalue weighted by molar-refractivity contribution is -0.132. The lowest BCUT2D eigenvalue weighted by Gasteiger charge is -2.03. The molecule has 0 unspecified atom stereocenters. The molecule has 1 rings (SSSR count). The summed E-state index contributed by atoms with van der Waals surface area (Å²) in [4.78, 5) is 16.0. The van der Waals surface area contributed by atoms with Gasteiger partial charge in [-0.1, -0.05) is 29.8 Å². The lowest BCUT2D eigenvalue weighted by atomic mass is 10.1. The van der Waals surface area contributed by atoms with Gasteiger partial charge < -0.3 is 0 Å². The molecule has 0 saturated carbocycles. The Hall–Kier alpha value is -1.35. The van der Waals surface area contributed by atoms with E-state index in [1.807, 2.05) is 38.1 Å². The molecule has 0 spiro atoms. The van der Waals surface area contributed by atoms with Gasteiger partial charge in [0.25, 0.3) is 0 Å². The highest BCUT2D eigenvalue weighted by molar-refractivity contribution is 5.77. The predicted octanol–water partition coefficient (Wildman–Crippen LogP) is 1.61.